The normalized spacial score (nSPS) is 12.1. The number of hydrogen-bond acceptors (Lipinski definition) is 8. The highest BCUT2D eigenvalue weighted by molar-refractivity contribution is 7.17. The van der Waals surface area contributed by atoms with Crippen LogP contribution in [0.25, 0.3) is 42.0 Å². The summed E-state index contributed by atoms with van der Waals surface area (Å²) in [6.45, 7) is 24.2. The first-order valence-corrected chi connectivity index (χ1v) is 20.5. The van der Waals surface area contributed by atoms with Crippen LogP contribution in [-0.2, 0) is 22.2 Å². The van der Waals surface area contributed by atoms with E-state index in [1.807, 2.05) is 161 Å². The molecule has 0 saturated carbocycles. The van der Waals surface area contributed by atoms with Crippen molar-refractivity contribution in [1.82, 2.24) is 23.3 Å². The van der Waals surface area contributed by atoms with Crippen LogP contribution in [0.2, 0.25) is 0 Å². The molecule has 0 fully saturated rings. The predicted octanol–water partition coefficient (Wildman–Crippen LogP) is 10.1. The van der Waals surface area contributed by atoms with Crippen molar-refractivity contribution in [3.8, 4) is 0 Å². The quantitative estimate of drug-likeness (QED) is 0.151. The van der Waals surface area contributed by atoms with E-state index in [-0.39, 0.29) is 44.4 Å². The summed E-state index contributed by atoms with van der Waals surface area (Å²) in [5.74, 6) is 0. The SMILES string of the molecule is CC(C)(C)n1ccc2cccnc2c1=O.CC(C)(C)n1ccc2ccoc2c1=O.CC(C)(C)n1ccc2ccsc2c1=O.CC(C)(C)n1ccc2sccc2c1=O. The van der Waals surface area contributed by atoms with Crippen LogP contribution in [-0.4, -0.2) is 23.3 Å². The van der Waals surface area contributed by atoms with Gasteiger partial charge >= 0.3 is 0 Å². The number of thiophene rings is 2. The van der Waals surface area contributed by atoms with Gasteiger partial charge in [-0.1, -0.05) is 6.07 Å². The minimum Gasteiger partial charge on any atom is -0.459 e. The average Bonchev–Trinajstić information content (AvgIpc) is 3.90. The third-order valence-electron chi connectivity index (χ3n) is 9.10. The van der Waals surface area contributed by atoms with Gasteiger partial charge in [-0.05, 0) is 148 Å². The second kappa shape index (κ2) is 16.3. The molecule has 10 nitrogen and oxygen atoms in total. The molecule has 0 aliphatic carbocycles. The van der Waals surface area contributed by atoms with E-state index in [4.69, 9.17) is 4.42 Å². The zero-order chi connectivity index (χ0) is 42.1. The summed E-state index contributed by atoms with van der Waals surface area (Å²) in [5.41, 5.74) is 0.391. The van der Waals surface area contributed by atoms with Gasteiger partial charge in [-0.25, -0.2) is 0 Å². The molecule has 0 aliphatic rings. The van der Waals surface area contributed by atoms with Crippen molar-refractivity contribution in [2.45, 2.75) is 105 Å². The van der Waals surface area contributed by atoms with Crippen LogP contribution in [0, 0.1) is 0 Å². The monoisotopic (exact) mass is 807 g/mol. The molecule has 57 heavy (non-hydrogen) atoms. The van der Waals surface area contributed by atoms with Gasteiger partial charge < -0.3 is 22.7 Å². The molecule has 12 heteroatoms. The molecule has 0 aromatic carbocycles. The summed E-state index contributed by atoms with van der Waals surface area (Å²) >= 11 is 3.12. The molecular formula is C45H53N5O5S2. The van der Waals surface area contributed by atoms with E-state index >= 15 is 0 Å². The maximum Gasteiger partial charge on any atom is 0.294 e. The molecular weight excluding hydrogens is 755 g/mol. The van der Waals surface area contributed by atoms with Crippen molar-refractivity contribution < 1.29 is 4.42 Å². The molecule has 8 aromatic heterocycles. The van der Waals surface area contributed by atoms with E-state index < -0.39 is 0 Å². The van der Waals surface area contributed by atoms with Gasteiger partial charge in [0.15, 0.2) is 5.58 Å². The second-order valence-corrected chi connectivity index (χ2v) is 19.6. The van der Waals surface area contributed by atoms with Crippen molar-refractivity contribution in [3.05, 3.63) is 144 Å². The largest absolute Gasteiger partial charge is 0.459 e. The first-order chi connectivity index (χ1) is 26.5. The number of fused-ring (bicyclic) bond motifs is 4. The van der Waals surface area contributed by atoms with Crippen molar-refractivity contribution in [2.24, 2.45) is 0 Å². The van der Waals surface area contributed by atoms with Crippen LogP contribution in [0.15, 0.2) is 126 Å². The number of furan rings is 1. The van der Waals surface area contributed by atoms with Crippen molar-refractivity contribution in [3.63, 3.8) is 0 Å². The molecule has 8 rings (SSSR count). The molecule has 0 bridgehead atoms. The first-order valence-electron chi connectivity index (χ1n) is 18.7. The molecule has 8 heterocycles. The lowest BCUT2D eigenvalue weighted by molar-refractivity contribution is 0.383. The van der Waals surface area contributed by atoms with E-state index in [1.54, 1.807) is 54.3 Å². The fourth-order valence-corrected chi connectivity index (χ4v) is 7.65. The Bertz CT molecular complexity index is 2660. The van der Waals surface area contributed by atoms with Crippen LogP contribution >= 0.6 is 22.7 Å². The number of pyridine rings is 5. The summed E-state index contributed by atoms with van der Waals surface area (Å²) < 4.78 is 14.0. The van der Waals surface area contributed by atoms with Crippen LogP contribution in [0.3, 0.4) is 0 Å². The van der Waals surface area contributed by atoms with Crippen molar-refractivity contribution >= 4 is 64.7 Å². The lowest BCUT2D eigenvalue weighted by Crippen LogP contribution is -2.33. The molecule has 0 spiro atoms. The molecule has 0 radical (unpaired) electrons. The lowest BCUT2D eigenvalue weighted by Gasteiger charge is -2.22. The zero-order valence-corrected chi connectivity index (χ0v) is 36.5. The highest BCUT2D eigenvalue weighted by Gasteiger charge is 2.19. The smallest absolute Gasteiger partial charge is 0.294 e. The van der Waals surface area contributed by atoms with E-state index in [2.05, 4.69) is 4.98 Å². The Hall–Kier alpha value is -5.33. The third-order valence-corrected chi connectivity index (χ3v) is 10.9. The van der Waals surface area contributed by atoms with Crippen LogP contribution in [0.4, 0.5) is 0 Å². The van der Waals surface area contributed by atoms with Crippen molar-refractivity contribution in [2.75, 3.05) is 0 Å². The van der Waals surface area contributed by atoms with Crippen LogP contribution in [0.1, 0.15) is 83.1 Å². The van der Waals surface area contributed by atoms with Gasteiger partial charge in [0.2, 0.25) is 0 Å². The number of aromatic nitrogens is 5. The standard InChI is InChI=1S/C12H14N2O.C11H13NO2.2C11H13NOS/c1-12(2,3)14-8-6-9-5-4-7-13-10(9)11(14)15;1-11(2,3)12-6-4-8-5-7-14-9(8)10(12)13;1-11(2,3)12-6-4-9-8(10(12)13)5-7-14-9;1-11(2,3)12-6-4-8-5-7-14-9(8)10(12)13/h4-8H,1-3H3;3*4-7H,1-3H3. The average molecular weight is 808 g/mol. The van der Waals surface area contributed by atoms with E-state index in [0.717, 1.165) is 30.9 Å². The molecule has 0 saturated heterocycles. The lowest BCUT2D eigenvalue weighted by atomic mass is 10.1. The minimum atomic E-state index is -0.210. The Morgan fingerprint density at radius 3 is 1.63 bits per heavy atom. The Morgan fingerprint density at radius 1 is 0.509 bits per heavy atom. The van der Waals surface area contributed by atoms with Gasteiger partial charge in [-0.2, -0.15) is 0 Å². The topological polar surface area (TPSA) is 114 Å². The van der Waals surface area contributed by atoms with E-state index in [0.29, 0.717) is 11.1 Å². The zero-order valence-electron chi connectivity index (χ0n) is 34.9. The van der Waals surface area contributed by atoms with Gasteiger partial charge in [0.25, 0.3) is 22.2 Å². The number of rotatable bonds is 0. The van der Waals surface area contributed by atoms with Crippen LogP contribution in [0.5, 0.6) is 0 Å². The highest BCUT2D eigenvalue weighted by Crippen LogP contribution is 2.21. The molecule has 8 aromatic rings. The Kier molecular flexibility index (Phi) is 12.2. The van der Waals surface area contributed by atoms with Crippen LogP contribution < -0.4 is 22.2 Å². The van der Waals surface area contributed by atoms with E-state index in [1.165, 1.54) is 11.3 Å². The molecule has 0 amide bonds. The fraction of sp³-hybridized carbons (Fsp3) is 0.356. The summed E-state index contributed by atoms with van der Waals surface area (Å²) in [5, 5.41) is 7.53. The van der Waals surface area contributed by atoms with Gasteiger partial charge in [0.1, 0.15) is 5.52 Å². The maximum atomic E-state index is 12.1. The molecule has 300 valence electrons. The Morgan fingerprint density at radius 2 is 1.02 bits per heavy atom. The number of hydrogen-bond donors (Lipinski definition) is 0. The molecule has 0 unspecified atom stereocenters. The Labute approximate surface area is 340 Å². The first kappa shape index (κ1) is 42.8. The van der Waals surface area contributed by atoms with Gasteiger partial charge in [0.05, 0.1) is 16.3 Å². The van der Waals surface area contributed by atoms with E-state index in [9.17, 15) is 19.2 Å². The van der Waals surface area contributed by atoms with Gasteiger partial charge in [-0.3, -0.25) is 24.2 Å². The summed E-state index contributed by atoms with van der Waals surface area (Å²) in [7, 11) is 0. The molecule has 0 N–H and O–H groups in total. The summed E-state index contributed by atoms with van der Waals surface area (Å²) in [6, 6.07) is 17.2. The van der Waals surface area contributed by atoms with Crippen molar-refractivity contribution in [1.29, 1.82) is 0 Å². The Balaban J connectivity index is 0.000000145. The molecule has 0 atom stereocenters. The molecule has 0 aliphatic heterocycles. The maximum absolute atomic E-state index is 12.1. The predicted molar refractivity (Wildman–Crippen MR) is 239 cm³/mol. The third kappa shape index (κ3) is 9.62. The van der Waals surface area contributed by atoms with Gasteiger partial charge in [0, 0.05) is 68.6 Å². The number of nitrogens with zero attached hydrogens (tertiary/aromatic N) is 5. The highest BCUT2D eigenvalue weighted by atomic mass is 32.1. The summed E-state index contributed by atoms with van der Waals surface area (Å²) in [6.07, 6.45) is 10.6. The minimum absolute atomic E-state index is 0.0272. The van der Waals surface area contributed by atoms with Gasteiger partial charge in [-0.15, -0.1) is 22.7 Å². The fourth-order valence-electron chi connectivity index (χ4n) is 6.06. The second-order valence-electron chi connectivity index (χ2n) is 17.7. The summed E-state index contributed by atoms with van der Waals surface area (Å²) in [4.78, 5) is 52.1.